The molecule has 6 heteroatoms. The van der Waals surface area contributed by atoms with Gasteiger partial charge in [-0.2, -0.15) is 0 Å². The Hall–Kier alpha value is -1.36. The van der Waals surface area contributed by atoms with E-state index in [-0.39, 0.29) is 0 Å². The van der Waals surface area contributed by atoms with Crippen LogP contribution in [0.4, 0.5) is 0 Å². The first kappa shape index (κ1) is 14.6. The number of aryl methyl sites for hydroxylation is 3. The average Bonchev–Trinajstić information content (AvgIpc) is 2.76. The van der Waals surface area contributed by atoms with Crippen LogP contribution in [0.15, 0.2) is 30.5 Å². The van der Waals surface area contributed by atoms with Crippen molar-refractivity contribution in [3.8, 4) is 0 Å². The van der Waals surface area contributed by atoms with E-state index in [9.17, 15) is 0 Å². The van der Waals surface area contributed by atoms with Gasteiger partial charge in [-0.15, -0.1) is 0 Å². The number of pyridine rings is 1. The number of H-pyrrole nitrogens is 1. The zero-order chi connectivity index (χ0) is 15.0. The molecule has 0 aliphatic rings. The van der Waals surface area contributed by atoms with Crippen molar-refractivity contribution in [2.24, 2.45) is 0 Å². The van der Waals surface area contributed by atoms with Crippen LogP contribution in [0.5, 0.6) is 0 Å². The quantitative estimate of drug-likeness (QED) is 0.686. The summed E-state index contributed by atoms with van der Waals surface area (Å²) in [5.41, 5.74) is 4.05. The molecule has 0 fully saturated rings. The summed E-state index contributed by atoms with van der Waals surface area (Å²) in [5.74, 6) is 0. The first-order chi connectivity index (χ1) is 10.1. The van der Waals surface area contributed by atoms with Gasteiger partial charge in [-0.1, -0.05) is 29.3 Å². The van der Waals surface area contributed by atoms with Crippen molar-refractivity contribution in [3.63, 3.8) is 0 Å². The Balaban J connectivity index is 1.94. The molecule has 108 valence electrons. The molecule has 0 saturated heterocycles. The van der Waals surface area contributed by atoms with Crippen LogP contribution in [0.2, 0.25) is 10.0 Å². The molecule has 0 amide bonds. The maximum Gasteiger partial charge on any atom is 0.179 e. The van der Waals surface area contributed by atoms with Crippen LogP contribution in [0, 0.1) is 11.7 Å². The highest BCUT2D eigenvalue weighted by Crippen LogP contribution is 2.22. The van der Waals surface area contributed by atoms with Gasteiger partial charge in [0.05, 0.1) is 5.52 Å². The Labute approximate surface area is 137 Å². The highest BCUT2D eigenvalue weighted by Gasteiger charge is 2.08. The van der Waals surface area contributed by atoms with Gasteiger partial charge in [0, 0.05) is 22.8 Å². The lowest BCUT2D eigenvalue weighted by Crippen LogP contribution is -2.03. The minimum atomic E-state index is 0.643. The number of benzene rings is 1. The highest BCUT2D eigenvalue weighted by molar-refractivity contribution is 7.71. The number of imidazole rings is 1. The number of hydrogen-bond acceptors (Lipinski definition) is 2. The molecule has 2 aromatic heterocycles. The van der Waals surface area contributed by atoms with Gasteiger partial charge in [0.1, 0.15) is 0 Å². The lowest BCUT2D eigenvalue weighted by molar-refractivity contribution is 0.700. The van der Waals surface area contributed by atoms with Crippen LogP contribution in [-0.2, 0) is 13.0 Å². The molecule has 3 rings (SSSR count). The molecule has 0 saturated carbocycles. The number of fused-ring (bicyclic) bond motifs is 1. The standard InChI is InChI=1S/C15H13Cl2N3S/c1-9-4-6-18-14-13(9)19-15(21)20(14)7-5-10-2-3-11(16)8-12(10)17/h2-4,6,8H,5,7H2,1H3,(H,19,21). The van der Waals surface area contributed by atoms with Gasteiger partial charge in [-0.3, -0.25) is 0 Å². The van der Waals surface area contributed by atoms with E-state index < -0.39 is 0 Å². The summed E-state index contributed by atoms with van der Waals surface area (Å²) < 4.78 is 2.68. The number of aromatic nitrogens is 3. The Kier molecular flexibility index (Phi) is 4.02. The Morgan fingerprint density at radius 2 is 2.10 bits per heavy atom. The molecular weight excluding hydrogens is 325 g/mol. The maximum atomic E-state index is 6.21. The van der Waals surface area contributed by atoms with Crippen LogP contribution >= 0.6 is 35.4 Å². The second kappa shape index (κ2) is 5.79. The Bertz CT molecular complexity index is 867. The molecule has 0 radical (unpaired) electrons. The van der Waals surface area contributed by atoms with Crippen molar-refractivity contribution in [1.29, 1.82) is 0 Å². The molecule has 2 heterocycles. The predicted molar refractivity (Wildman–Crippen MR) is 89.8 cm³/mol. The molecule has 0 bridgehead atoms. The summed E-state index contributed by atoms with van der Waals surface area (Å²) in [4.78, 5) is 7.64. The second-order valence-corrected chi connectivity index (χ2v) is 6.12. The largest absolute Gasteiger partial charge is 0.329 e. The third-order valence-electron chi connectivity index (χ3n) is 3.49. The highest BCUT2D eigenvalue weighted by atomic mass is 35.5. The molecule has 3 nitrogen and oxygen atoms in total. The topological polar surface area (TPSA) is 33.6 Å². The summed E-state index contributed by atoms with van der Waals surface area (Å²) in [6, 6.07) is 7.52. The molecule has 21 heavy (non-hydrogen) atoms. The maximum absolute atomic E-state index is 6.21. The van der Waals surface area contributed by atoms with Crippen LogP contribution in [0.3, 0.4) is 0 Å². The third kappa shape index (κ3) is 2.84. The summed E-state index contributed by atoms with van der Waals surface area (Å²) >= 11 is 17.5. The number of nitrogens with zero attached hydrogens (tertiary/aromatic N) is 2. The van der Waals surface area contributed by atoms with Gasteiger partial charge >= 0.3 is 0 Å². The molecule has 1 aromatic carbocycles. The van der Waals surface area contributed by atoms with Crippen molar-refractivity contribution in [1.82, 2.24) is 14.5 Å². The molecule has 0 unspecified atom stereocenters. The molecule has 0 aliphatic carbocycles. The lowest BCUT2D eigenvalue weighted by atomic mass is 10.1. The first-order valence-electron chi connectivity index (χ1n) is 6.54. The van der Waals surface area contributed by atoms with Gasteiger partial charge in [-0.25, -0.2) is 4.98 Å². The molecule has 1 N–H and O–H groups in total. The fourth-order valence-electron chi connectivity index (χ4n) is 2.34. The van der Waals surface area contributed by atoms with Crippen molar-refractivity contribution >= 4 is 46.6 Å². The predicted octanol–water partition coefficient (Wildman–Crippen LogP) is 4.95. The van der Waals surface area contributed by atoms with Crippen LogP contribution in [0.1, 0.15) is 11.1 Å². The van der Waals surface area contributed by atoms with E-state index in [1.807, 2.05) is 29.7 Å². The average molecular weight is 338 g/mol. The van der Waals surface area contributed by atoms with Crippen molar-refractivity contribution in [2.45, 2.75) is 19.9 Å². The number of halogens is 2. The van der Waals surface area contributed by atoms with Crippen molar-refractivity contribution < 1.29 is 0 Å². The van der Waals surface area contributed by atoms with E-state index in [0.29, 0.717) is 14.8 Å². The van der Waals surface area contributed by atoms with E-state index in [1.54, 1.807) is 12.3 Å². The van der Waals surface area contributed by atoms with Gasteiger partial charge in [0.25, 0.3) is 0 Å². The Morgan fingerprint density at radius 3 is 2.86 bits per heavy atom. The second-order valence-electron chi connectivity index (χ2n) is 4.89. The molecule has 0 atom stereocenters. The number of rotatable bonds is 3. The molecule has 0 aliphatic heterocycles. The molecular formula is C15H13Cl2N3S. The van der Waals surface area contributed by atoms with E-state index in [2.05, 4.69) is 9.97 Å². The smallest absolute Gasteiger partial charge is 0.179 e. The van der Waals surface area contributed by atoms with Crippen molar-refractivity contribution in [2.75, 3.05) is 0 Å². The first-order valence-corrected chi connectivity index (χ1v) is 7.71. The van der Waals surface area contributed by atoms with Gasteiger partial charge in [0.15, 0.2) is 10.4 Å². The van der Waals surface area contributed by atoms with Crippen LogP contribution in [0.25, 0.3) is 11.2 Å². The number of aromatic amines is 1. The van der Waals surface area contributed by atoms with Gasteiger partial charge in [0.2, 0.25) is 0 Å². The summed E-state index contributed by atoms with van der Waals surface area (Å²) in [6.07, 6.45) is 2.57. The van der Waals surface area contributed by atoms with E-state index in [1.165, 1.54) is 0 Å². The molecule has 3 aromatic rings. The van der Waals surface area contributed by atoms with Crippen LogP contribution < -0.4 is 0 Å². The monoisotopic (exact) mass is 337 g/mol. The summed E-state index contributed by atoms with van der Waals surface area (Å²) in [5, 5.41) is 1.32. The van der Waals surface area contributed by atoms with E-state index >= 15 is 0 Å². The normalized spacial score (nSPS) is 11.2. The minimum absolute atomic E-state index is 0.643. The zero-order valence-electron chi connectivity index (χ0n) is 11.4. The van der Waals surface area contributed by atoms with Gasteiger partial charge in [-0.05, 0) is 54.9 Å². The minimum Gasteiger partial charge on any atom is -0.329 e. The van der Waals surface area contributed by atoms with Crippen molar-refractivity contribution in [3.05, 3.63) is 56.4 Å². The lowest BCUT2D eigenvalue weighted by Gasteiger charge is -2.07. The van der Waals surface area contributed by atoms with Crippen LogP contribution in [-0.4, -0.2) is 14.5 Å². The van der Waals surface area contributed by atoms with E-state index in [0.717, 1.165) is 35.3 Å². The fourth-order valence-corrected chi connectivity index (χ4v) is 3.12. The molecule has 0 spiro atoms. The van der Waals surface area contributed by atoms with E-state index in [4.69, 9.17) is 35.4 Å². The summed E-state index contributed by atoms with van der Waals surface area (Å²) in [6.45, 7) is 2.76. The third-order valence-corrected chi connectivity index (χ3v) is 4.40. The SMILES string of the molecule is Cc1ccnc2c1[nH]c(=S)n2CCc1ccc(Cl)cc1Cl. The fraction of sp³-hybridized carbons (Fsp3) is 0.200. The Morgan fingerprint density at radius 1 is 1.29 bits per heavy atom. The summed E-state index contributed by atoms with van der Waals surface area (Å²) in [7, 11) is 0. The number of hydrogen-bond donors (Lipinski definition) is 1. The van der Waals surface area contributed by atoms with Gasteiger partial charge < -0.3 is 9.55 Å². The zero-order valence-corrected chi connectivity index (χ0v) is 13.7. The number of nitrogens with one attached hydrogen (secondary N) is 1.